The number of rotatable bonds is 10. The summed E-state index contributed by atoms with van der Waals surface area (Å²) in [6.07, 6.45) is 4.12. The molecule has 0 saturated heterocycles. The normalized spacial score (nSPS) is 12.7. The first kappa shape index (κ1) is 23.1. The van der Waals surface area contributed by atoms with Crippen molar-refractivity contribution in [2.75, 3.05) is 24.8 Å². The molecule has 3 rings (SSSR count). The van der Waals surface area contributed by atoms with Gasteiger partial charge in [0, 0.05) is 18.2 Å². The van der Waals surface area contributed by atoms with Crippen LogP contribution in [-0.4, -0.2) is 45.2 Å². The van der Waals surface area contributed by atoms with Crippen molar-refractivity contribution in [2.24, 2.45) is 16.8 Å². The Hall–Kier alpha value is -3.57. The number of methoxy groups -OCH3 is 1. The summed E-state index contributed by atoms with van der Waals surface area (Å²) < 4.78 is 7.60. The second-order valence-electron chi connectivity index (χ2n) is 7.46. The molecule has 0 amide bonds. The number of nitrogens with two attached hydrogens (primary N) is 3. The van der Waals surface area contributed by atoms with E-state index in [-0.39, 0.29) is 18.6 Å². The minimum atomic E-state index is -0.128. The number of nitrogens with zero attached hydrogens (tertiary/aromatic N) is 4. The SMILES string of the molecule is CCCC(CO)Nc1nc(N)nc2ccn(Cc3cc(C/C(=N/N)NN)ccc3OC)c12. The number of aliphatic hydroxyl groups is 1. The van der Waals surface area contributed by atoms with Gasteiger partial charge in [0.2, 0.25) is 5.95 Å². The quantitative estimate of drug-likeness (QED) is 0.116. The number of hydrazine groups is 1. The maximum absolute atomic E-state index is 9.73. The molecule has 0 aliphatic carbocycles. The summed E-state index contributed by atoms with van der Waals surface area (Å²) in [5.41, 5.74) is 11.9. The Morgan fingerprint density at radius 3 is 2.78 bits per heavy atom. The van der Waals surface area contributed by atoms with Crippen molar-refractivity contribution < 1.29 is 9.84 Å². The molecule has 3 aromatic rings. The van der Waals surface area contributed by atoms with Gasteiger partial charge in [-0.1, -0.05) is 19.4 Å². The van der Waals surface area contributed by atoms with E-state index in [0.29, 0.717) is 30.1 Å². The van der Waals surface area contributed by atoms with Crippen LogP contribution in [0.15, 0.2) is 35.6 Å². The van der Waals surface area contributed by atoms with Gasteiger partial charge in [0.1, 0.15) is 17.1 Å². The molecule has 0 radical (unpaired) electrons. The molecule has 0 bridgehead atoms. The van der Waals surface area contributed by atoms with E-state index in [0.717, 1.165) is 35.2 Å². The number of aromatic nitrogens is 3. The van der Waals surface area contributed by atoms with Crippen LogP contribution in [-0.2, 0) is 13.0 Å². The third-order valence-corrected chi connectivity index (χ3v) is 5.21. The molecular weight excluding hydrogens is 410 g/mol. The average molecular weight is 442 g/mol. The van der Waals surface area contributed by atoms with E-state index in [1.807, 2.05) is 35.0 Å². The molecular formula is C21H31N9O2. The summed E-state index contributed by atoms with van der Waals surface area (Å²) in [6, 6.07) is 7.62. The fraction of sp³-hybridized carbons (Fsp3) is 0.381. The lowest BCUT2D eigenvalue weighted by molar-refractivity contribution is 0.268. The second-order valence-corrected chi connectivity index (χ2v) is 7.46. The number of hydrogen-bond acceptors (Lipinski definition) is 9. The largest absolute Gasteiger partial charge is 0.496 e. The number of fused-ring (bicyclic) bond motifs is 1. The van der Waals surface area contributed by atoms with Crippen molar-refractivity contribution in [2.45, 2.75) is 38.8 Å². The van der Waals surface area contributed by atoms with Gasteiger partial charge in [0.15, 0.2) is 5.82 Å². The molecule has 0 aliphatic heterocycles. The number of hydrogen-bond donors (Lipinski definition) is 6. The summed E-state index contributed by atoms with van der Waals surface area (Å²) in [5.74, 6) is 12.8. The lowest BCUT2D eigenvalue weighted by Gasteiger charge is -2.18. The number of hydrazone groups is 1. The second kappa shape index (κ2) is 10.6. The number of aliphatic hydroxyl groups excluding tert-OH is 1. The maximum atomic E-state index is 9.73. The molecule has 9 N–H and O–H groups in total. The standard InChI is InChI=1S/C21H31N9O2/c1-3-4-15(12-31)25-20-19-16(26-21(22)27-20)7-8-30(19)11-14-9-13(5-6-17(14)32-2)10-18(28-23)29-24/h5-9,15,31H,3-4,10-12,23-24H2,1-2H3,(H,28,29)(H3,22,25,26,27). The van der Waals surface area contributed by atoms with Crippen LogP contribution in [0, 0.1) is 0 Å². The van der Waals surface area contributed by atoms with Gasteiger partial charge in [-0.05, 0) is 30.2 Å². The first-order chi connectivity index (χ1) is 15.5. The summed E-state index contributed by atoms with van der Waals surface area (Å²) in [6.45, 7) is 2.57. The van der Waals surface area contributed by atoms with E-state index in [1.165, 1.54) is 0 Å². The number of amidine groups is 1. The first-order valence-electron chi connectivity index (χ1n) is 10.4. The first-order valence-corrected chi connectivity index (χ1v) is 10.4. The minimum absolute atomic E-state index is 0.00394. The van der Waals surface area contributed by atoms with Crippen molar-refractivity contribution in [3.05, 3.63) is 41.6 Å². The van der Waals surface area contributed by atoms with E-state index in [2.05, 4.69) is 32.7 Å². The van der Waals surface area contributed by atoms with E-state index in [9.17, 15) is 5.11 Å². The molecule has 32 heavy (non-hydrogen) atoms. The molecule has 11 nitrogen and oxygen atoms in total. The van der Waals surface area contributed by atoms with Crippen molar-refractivity contribution in [1.29, 1.82) is 0 Å². The molecule has 11 heteroatoms. The predicted octanol–water partition coefficient (Wildman–Crippen LogP) is 0.921. The van der Waals surface area contributed by atoms with Gasteiger partial charge in [0.25, 0.3) is 0 Å². The zero-order valence-electron chi connectivity index (χ0n) is 18.4. The smallest absolute Gasteiger partial charge is 0.222 e. The van der Waals surface area contributed by atoms with Crippen LogP contribution in [0.4, 0.5) is 11.8 Å². The van der Waals surface area contributed by atoms with E-state index >= 15 is 0 Å². The van der Waals surface area contributed by atoms with Crippen molar-refractivity contribution in [1.82, 2.24) is 20.0 Å². The Morgan fingerprint density at radius 2 is 2.12 bits per heavy atom. The highest BCUT2D eigenvalue weighted by Crippen LogP contribution is 2.27. The third-order valence-electron chi connectivity index (χ3n) is 5.21. The Kier molecular flexibility index (Phi) is 7.68. The monoisotopic (exact) mass is 441 g/mol. The number of benzene rings is 1. The van der Waals surface area contributed by atoms with Crippen molar-refractivity contribution in [3.63, 3.8) is 0 Å². The van der Waals surface area contributed by atoms with E-state index < -0.39 is 0 Å². The van der Waals surface area contributed by atoms with Gasteiger partial charge >= 0.3 is 0 Å². The fourth-order valence-electron chi connectivity index (χ4n) is 3.68. The fourth-order valence-corrected chi connectivity index (χ4v) is 3.68. The van der Waals surface area contributed by atoms with Gasteiger partial charge < -0.3 is 36.7 Å². The third kappa shape index (κ3) is 5.18. The van der Waals surface area contributed by atoms with E-state index in [4.69, 9.17) is 22.2 Å². The zero-order chi connectivity index (χ0) is 23.1. The summed E-state index contributed by atoms with van der Waals surface area (Å²) in [5, 5.41) is 16.7. The lowest BCUT2D eigenvalue weighted by atomic mass is 10.1. The van der Waals surface area contributed by atoms with Crippen molar-refractivity contribution in [3.8, 4) is 5.75 Å². The van der Waals surface area contributed by atoms with Crippen molar-refractivity contribution >= 4 is 28.6 Å². The Morgan fingerprint density at radius 1 is 1.31 bits per heavy atom. The minimum Gasteiger partial charge on any atom is -0.496 e. The lowest BCUT2D eigenvalue weighted by Crippen LogP contribution is -2.32. The Balaban J connectivity index is 2.00. The molecule has 1 atom stereocenters. The average Bonchev–Trinajstić information content (AvgIpc) is 3.19. The van der Waals surface area contributed by atoms with Gasteiger partial charge in [-0.3, -0.25) is 0 Å². The molecule has 0 fully saturated rings. The molecule has 1 unspecified atom stereocenters. The molecule has 0 spiro atoms. The van der Waals surface area contributed by atoms with Crippen LogP contribution in [0.3, 0.4) is 0 Å². The summed E-state index contributed by atoms with van der Waals surface area (Å²) >= 11 is 0. The molecule has 0 saturated carbocycles. The van der Waals surface area contributed by atoms with Crippen LogP contribution in [0.2, 0.25) is 0 Å². The number of nitrogens with one attached hydrogen (secondary N) is 2. The van der Waals surface area contributed by atoms with Crippen LogP contribution in [0.25, 0.3) is 11.0 Å². The molecule has 2 aromatic heterocycles. The zero-order valence-corrected chi connectivity index (χ0v) is 18.4. The van der Waals surface area contributed by atoms with Gasteiger partial charge in [0.05, 0.1) is 31.8 Å². The van der Waals surface area contributed by atoms with Crippen LogP contribution >= 0.6 is 0 Å². The van der Waals surface area contributed by atoms with E-state index in [1.54, 1.807) is 7.11 Å². The van der Waals surface area contributed by atoms with Gasteiger partial charge in [-0.2, -0.15) is 10.1 Å². The van der Waals surface area contributed by atoms with Crippen LogP contribution in [0.1, 0.15) is 30.9 Å². The molecule has 2 heterocycles. The number of ether oxygens (including phenoxy) is 1. The summed E-state index contributed by atoms with van der Waals surface area (Å²) in [7, 11) is 1.63. The molecule has 0 aliphatic rings. The maximum Gasteiger partial charge on any atom is 0.222 e. The number of anilines is 2. The highest BCUT2D eigenvalue weighted by Gasteiger charge is 2.16. The van der Waals surface area contributed by atoms with Crippen LogP contribution in [0.5, 0.6) is 5.75 Å². The van der Waals surface area contributed by atoms with Gasteiger partial charge in [-0.25, -0.2) is 10.8 Å². The topological polar surface area (TPSA) is 175 Å². The molecule has 1 aromatic carbocycles. The predicted molar refractivity (Wildman–Crippen MR) is 126 cm³/mol. The summed E-state index contributed by atoms with van der Waals surface area (Å²) in [4.78, 5) is 8.77. The highest BCUT2D eigenvalue weighted by atomic mass is 16.5. The Bertz CT molecular complexity index is 1080. The van der Waals surface area contributed by atoms with Gasteiger partial charge in [-0.15, -0.1) is 0 Å². The molecule has 172 valence electrons. The Labute approximate surface area is 186 Å². The van der Waals surface area contributed by atoms with Crippen LogP contribution < -0.4 is 32.9 Å². The highest BCUT2D eigenvalue weighted by molar-refractivity contribution is 5.88. The number of nitrogen functional groups attached to an aromatic ring is 1.